The molecule has 1 aromatic rings. The first kappa shape index (κ1) is 10.8. The van der Waals surface area contributed by atoms with Gasteiger partial charge in [-0.15, -0.1) is 11.3 Å². The smallest absolute Gasteiger partial charge is 0.00908 e. The topological polar surface area (TPSA) is 26.0 Å². The van der Waals surface area contributed by atoms with Crippen LogP contribution in [0.5, 0.6) is 0 Å². The molecule has 1 fully saturated rings. The SMILES string of the molecule is CC1(C)[C@@H](CN)[C@@H]1c1cc2c(s1)CCCC2. The fourth-order valence-electron chi connectivity index (χ4n) is 3.42. The second kappa shape index (κ2) is 3.58. The van der Waals surface area contributed by atoms with Crippen LogP contribution in [0.3, 0.4) is 0 Å². The lowest BCUT2D eigenvalue weighted by Crippen LogP contribution is -2.05. The van der Waals surface area contributed by atoms with Crippen LogP contribution in [0.15, 0.2) is 6.07 Å². The number of rotatable bonds is 2. The summed E-state index contributed by atoms with van der Waals surface area (Å²) < 4.78 is 0. The van der Waals surface area contributed by atoms with E-state index in [1.807, 2.05) is 0 Å². The van der Waals surface area contributed by atoms with Crippen LogP contribution in [0.25, 0.3) is 0 Å². The Bertz CT molecular complexity index is 381. The molecule has 2 N–H and O–H groups in total. The molecule has 0 unspecified atom stereocenters. The predicted octanol–water partition coefficient (Wildman–Crippen LogP) is 3.33. The Hall–Kier alpha value is -0.340. The molecule has 1 nitrogen and oxygen atoms in total. The number of thiophene rings is 1. The third-order valence-electron chi connectivity index (χ3n) is 4.63. The molecule has 1 aromatic heterocycles. The van der Waals surface area contributed by atoms with Crippen molar-refractivity contribution in [2.45, 2.75) is 45.4 Å². The van der Waals surface area contributed by atoms with Crippen LogP contribution in [-0.4, -0.2) is 6.54 Å². The van der Waals surface area contributed by atoms with E-state index in [-0.39, 0.29) is 0 Å². The summed E-state index contributed by atoms with van der Waals surface area (Å²) in [7, 11) is 0. The van der Waals surface area contributed by atoms with Crippen LogP contribution >= 0.6 is 11.3 Å². The van der Waals surface area contributed by atoms with Crippen LogP contribution in [-0.2, 0) is 12.8 Å². The third-order valence-corrected chi connectivity index (χ3v) is 5.95. The van der Waals surface area contributed by atoms with Crippen molar-refractivity contribution in [3.8, 4) is 0 Å². The van der Waals surface area contributed by atoms with Gasteiger partial charge in [0.2, 0.25) is 0 Å². The lowest BCUT2D eigenvalue weighted by atomic mass is 9.98. The fraction of sp³-hybridized carbons (Fsp3) is 0.714. The van der Waals surface area contributed by atoms with Gasteiger partial charge in [-0.1, -0.05) is 13.8 Å². The zero-order valence-corrected chi connectivity index (χ0v) is 11.1. The van der Waals surface area contributed by atoms with E-state index >= 15 is 0 Å². The van der Waals surface area contributed by atoms with E-state index in [9.17, 15) is 0 Å². The van der Waals surface area contributed by atoms with E-state index in [1.54, 1.807) is 15.3 Å². The molecule has 0 radical (unpaired) electrons. The molecule has 0 saturated heterocycles. The monoisotopic (exact) mass is 235 g/mol. The van der Waals surface area contributed by atoms with Gasteiger partial charge in [-0.25, -0.2) is 0 Å². The third kappa shape index (κ3) is 1.46. The van der Waals surface area contributed by atoms with Crippen molar-refractivity contribution in [1.29, 1.82) is 0 Å². The van der Waals surface area contributed by atoms with Crippen LogP contribution in [0.4, 0.5) is 0 Å². The minimum atomic E-state index is 0.447. The highest BCUT2D eigenvalue weighted by Crippen LogP contribution is 2.65. The summed E-state index contributed by atoms with van der Waals surface area (Å²) in [4.78, 5) is 3.28. The summed E-state index contributed by atoms with van der Waals surface area (Å²) in [5, 5.41) is 0. The van der Waals surface area contributed by atoms with E-state index in [4.69, 9.17) is 5.73 Å². The van der Waals surface area contributed by atoms with Crippen LogP contribution in [0, 0.1) is 11.3 Å². The minimum Gasteiger partial charge on any atom is -0.330 e. The molecule has 0 spiro atoms. The van der Waals surface area contributed by atoms with Gasteiger partial charge >= 0.3 is 0 Å². The zero-order chi connectivity index (χ0) is 11.3. The second-order valence-corrected chi connectivity index (χ2v) is 7.11. The second-order valence-electron chi connectivity index (χ2n) is 5.95. The Kier molecular flexibility index (Phi) is 2.41. The molecule has 0 aromatic carbocycles. The number of hydrogen-bond donors (Lipinski definition) is 1. The number of hydrogen-bond acceptors (Lipinski definition) is 2. The van der Waals surface area contributed by atoms with Crippen LogP contribution in [0.2, 0.25) is 0 Å². The van der Waals surface area contributed by atoms with Gasteiger partial charge in [-0.05, 0) is 55.2 Å². The molecular formula is C14H21NS. The van der Waals surface area contributed by atoms with Gasteiger partial charge in [0, 0.05) is 15.7 Å². The summed E-state index contributed by atoms with van der Waals surface area (Å²) in [5.41, 5.74) is 7.95. The number of aryl methyl sites for hydroxylation is 2. The molecule has 88 valence electrons. The molecule has 1 saturated carbocycles. The quantitative estimate of drug-likeness (QED) is 0.836. The molecule has 3 rings (SSSR count). The van der Waals surface area contributed by atoms with Crippen molar-refractivity contribution < 1.29 is 0 Å². The van der Waals surface area contributed by atoms with Crippen molar-refractivity contribution in [3.63, 3.8) is 0 Å². The normalized spacial score (nSPS) is 31.2. The Morgan fingerprint density at radius 2 is 2.12 bits per heavy atom. The van der Waals surface area contributed by atoms with E-state index in [0.29, 0.717) is 11.3 Å². The fourth-order valence-corrected chi connectivity index (χ4v) is 5.03. The van der Waals surface area contributed by atoms with Crippen molar-refractivity contribution in [1.82, 2.24) is 0 Å². The molecule has 0 amide bonds. The highest BCUT2D eigenvalue weighted by molar-refractivity contribution is 7.12. The van der Waals surface area contributed by atoms with Gasteiger partial charge in [0.1, 0.15) is 0 Å². The maximum Gasteiger partial charge on any atom is 0.00908 e. The highest BCUT2D eigenvalue weighted by Gasteiger charge is 2.57. The first-order valence-corrected chi connectivity index (χ1v) is 7.28. The molecule has 1 heterocycles. The van der Waals surface area contributed by atoms with Gasteiger partial charge < -0.3 is 5.73 Å². The molecule has 2 atom stereocenters. The molecule has 2 aliphatic carbocycles. The van der Waals surface area contributed by atoms with Crippen molar-refractivity contribution >= 4 is 11.3 Å². The summed E-state index contributed by atoms with van der Waals surface area (Å²) in [6.45, 7) is 5.59. The van der Waals surface area contributed by atoms with Gasteiger partial charge in [-0.3, -0.25) is 0 Å². The van der Waals surface area contributed by atoms with Gasteiger partial charge in [0.25, 0.3) is 0 Å². The lowest BCUT2D eigenvalue weighted by molar-refractivity contribution is 0.559. The van der Waals surface area contributed by atoms with Gasteiger partial charge in [0.05, 0.1) is 0 Å². The summed E-state index contributed by atoms with van der Waals surface area (Å²) in [6.07, 6.45) is 5.41. The Balaban J connectivity index is 1.88. The Labute approximate surface area is 102 Å². The van der Waals surface area contributed by atoms with E-state index in [1.165, 1.54) is 25.7 Å². The first-order valence-electron chi connectivity index (χ1n) is 6.46. The first-order chi connectivity index (χ1) is 7.64. The van der Waals surface area contributed by atoms with Crippen LogP contribution in [0.1, 0.15) is 47.9 Å². The highest BCUT2D eigenvalue weighted by atomic mass is 32.1. The summed E-state index contributed by atoms with van der Waals surface area (Å²) in [6, 6.07) is 2.49. The maximum atomic E-state index is 5.86. The zero-order valence-electron chi connectivity index (χ0n) is 10.3. The molecule has 0 aliphatic heterocycles. The number of nitrogens with two attached hydrogens (primary N) is 1. The molecule has 2 aliphatic rings. The molecule has 0 bridgehead atoms. The summed E-state index contributed by atoms with van der Waals surface area (Å²) in [5.74, 6) is 1.46. The van der Waals surface area contributed by atoms with Crippen LogP contribution < -0.4 is 5.73 Å². The Morgan fingerprint density at radius 3 is 2.75 bits per heavy atom. The van der Waals surface area contributed by atoms with Gasteiger partial charge in [0.15, 0.2) is 0 Å². The lowest BCUT2D eigenvalue weighted by Gasteiger charge is -2.08. The average Bonchev–Trinajstić information content (AvgIpc) is 2.65. The average molecular weight is 235 g/mol. The molecule has 2 heteroatoms. The Morgan fingerprint density at radius 1 is 1.38 bits per heavy atom. The van der Waals surface area contributed by atoms with Crippen molar-refractivity contribution in [2.24, 2.45) is 17.1 Å². The van der Waals surface area contributed by atoms with Crippen molar-refractivity contribution in [3.05, 3.63) is 21.4 Å². The van der Waals surface area contributed by atoms with Gasteiger partial charge in [-0.2, -0.15) is 0 Å². The molecule has 16 heavy (non-hydrogen) atoms. The van der Waals surface area contributed by atoms with E-state index in [0.717, 1.165) is 12.5 Å². The molecular weight excluding hydrogens is 214 g/mol. The minimum absolute atomic E-state index is 0.447. The maximum absolute atomic E-state index is 5.86. The standard InChI is InChI=1S/C14H21NS/c1-14(2)10(8-15)13(14)12-7-9-5-3-4-6-11(9)16-12/h7,10,13H,3-6,8,15H2,1-2H3/t10-,13+/m0/s1. The summed E-state index contributed by atoms with van der Waals surface area (Å²) >= 11 is 2.07. The predicted molar refractivity (Wildman–Crippen MR) is 70.0 cm³/mol. The van der Waals surface area contributed by atoms with E-state index < -0.39 is 0 Å². The van der Waals surface area contributed by atoms with E-state index in [2.05, 4.69) is 31.3 Å². The largest absolute Gasteiger partial charge is 0.330 e. The van der Waals surface area contributed by atoms with Crippen molar-refractivity contribution in [2.75, 3.05) is 6.54 Å². The number of fused-ring (bicyclic) bond motifs is 1.